The summed E-state index contributed by atoms with van der Waals surface area (Å²) in [5, 5.41) is 10.6. The lowest BCUT2D eigenvalue weighted by Crippen LogP contribution is -1.95. The number of benzene rings is 2. The lowest BCUT2D eigenvalue weighted by atomic mass is 10.2. The highest BCUT2D eigenvalue weighted by Gasteiger charge is 2.13. The van der Waals surface area contributed by atoms with Crippen LogP contribution in [-0.4, -0.2) is 11.2 Å². The molecule has 0 spiro atoms. The number of rotatable bonds is 4. The van der Waals surface area contributed by atoms with Crippen LogP contribution < -0.4 is 4.74 Å². The summed E-state index contributed by atoms with van der Waals surface area (Å²) in [4.78, 5) is 21.0. The summed E-state index contributed by atoms with van der Waals surface area (Å²) in [6.07, 6.45) is 0.440. The number of hydrogen-bond acceptors (Lipinski definition) is 4. The molecule has 0 aliphatic carbocycles. The van der Waals surface area contributed by atoms with E-state index in [4.69, 9.17) is 4.74 Å². The second-order valence-corrected chi connectivity index (χ2v) is 4.63. The number of carbonyl (C=O) groups is 1. The third kappa shape index (κ3) is 3.00. The minimum absolute atomic E-state index is 0.00959. The van der Waals surface area contributed by atoms with Crippen LogP contribution in [0.25, 0.3) is 0 Å². The fourth-order valence-electron chi connectivity index (χ4n) is 1.51. The zero-order chi connectivity index (χ0) is 14.7. The summed E-state index contributed by atoms with van der Waals surface area (Å²) in [7, 11) is 0. The molecule has 0 heterocycles. The van der Waals surface area contributed by atoms with Gasteiger partial charge in [0.05, 0.1) is 15.0 Å². The molecule has 5 nitrogen and oxygen atoms in total. The maximum atomic E-state index is 13.1. The highest BCUT2D eigenvalue weighted by atomic mass is 79.9. The van der Waals surface area contributed by atoms with E-state index in [0.717, 1.165) is 12.1 Å². The molecule has 2 aromatic carbocycles. The SMILES string of the molecule is O=Cc1cc([N+](=O)[O-])ccc1Oc1cc(F)ccc1Br. The Hall–Kier alpha value is -2.28. The number of nitrogens with zero attached hydrogens (tertiary/aromatic N) is 1. The Morgan fingerprint density at radius 2 is 1.95 bits per heavy atom. The van der Waals surface area contributed by atoms with Gasteiger partial charge in [-0.25, -0.2) is 4.39 Å². The van der Waals surface area contributed by atoms with Crippen LogP contribution in [0, 0.1) is 15.9 Å². The van der Waals surface area contributed by atoms with Gasteiger partial charge in [-0.1, -0.05) is 0 Å². The van der Waals surface area contributed by atoms with E-state index >= 15 is 0 Å². The summed E-state index contributed by atoms with van der Waals surface area (Å²) in [5.74, 6) is -0.225. The molecule has 0 N–H and O–H groups in total. The zero-order valence-electron chi connectivity index (χ0n) is 9.88. The number of non-ortho nitro benzene ring substituents is 1. The van der Waals surface area contributed by atoms with Crippen molar-refractivity contribution in [2.75, 3.05) is 0 Å². The van der Waals surface area contributed by atoms with E-state index in [9.17, 15) is 19.3 Å². The van der Waals surface area contributed by atoms with E-state index in [1.54, 1.807) is 0 Å². The Morgan fingerprint density at radius 1 is 1.20 bits per heavy atom. The van der Waals surface area contributed by atoms with E-state index in [0.29, 0.717) is 10.8 Å². The van der Waals surface area contributed by atoms with Crippen molar-refractivity contribution in [3.05, 3.63) is 62.4 Å². The molecule has 0 aromatic heterocycles. The highest BCUT2D eigenvalue weighted by Crippen LogP contribution is 2.32. The molecule has 0 aliphatic rings. The first kappa shape index (κ1) is 14.1. The minimum Gasteiger partial charge on any atom is -0.455 e. The Labute approximate surface area is 121 Å². The predicted molar refractivity (Wildman–Crippen MR) is 72.7 cm³/mol. The van der Waals surface area contributed by atoms with Gasteiger partial charge < -0.3 is 4.74 Å². The molecule has 102 valence electrons. The largest absolute Gasteiger partial charge is 0.455 e. The summed E-state index contributed by atoms with van der Waals surface area (Å²) in [6.45, 7) is 0. The molecule has 0 amide bonds. The van der Waals surface area contributed by atoms with Crippen LogP contribution in [0.3, 0.4) is 0 Å². The van der Waals surface area contributed by atoms with Gasteiger partial charge in [0.1, 0.15) is 17.3 Å². The Balaban J connectivity index is 2.40. The van der Waals surface area contributed by atoms with Crippen molar-refractivity contribution < 1.29 is 18.8 Å². The van der Waals surface area contributed by atoms with Crippen molar-refractivity contribution in [1.29, 1.82) is 0 Å². The van der Waals surface area contributed by atoms with Gasteiger partial charge in [-0.2, -0.15) is 0 Å². The average molecular weight is 340 g/mol. The number of aldehydes is 1. The molecular formula is C13H7BrFNO4. The van der Waals surface area contributed by atoms with E-state index in [1.165, 1.54) is 24.3 Å². The topological polar surface area (TPSA) is 69.4 Å². The maximum absolute atomic E-state index is 13.1. The van der Waals surface area contributed by atoms with Crippen molar-refractivity contribution >= 4 is 27.9 Å². The van der Waals surface area contributed by atoms with Gasteiger partial charge >= 0.3 is 0 Å². The van der Waals surface area contributed by atoms with Gasteiger partial charge in [-0.15, -0.1) is 0 Å². The molecule has 0 saturated carbocycles. The van der Waals surface area contributed by atoms with Crippen molar-refractivity contribution in [1.82, 2.24) is 0 Å². The molecule has 2 rings (SSSR count). The van der Waals surface area contributed by atoms with E-state index < -0.39 is 10.7 Å². The molecule has 0 unspecified atom stereocenters. The van der Waals surface area contributed by atoms with Crippen molar-refractivity contribution in [2.24, 2.45) is 0 Å². The van der Waals surface area contributed by atoms with Gasteiger partial charge in [-0.05, 0) is 34.1 Å². The number of halogens is 2. The van der Waals surface area contributed by atoms with E-state index in [2.05, 4.69) is 15.9 Å². The molecule has 0 fully saturated rings. The number of nitro groups is 1. The van der Waals surface area contributed by atoms with Crippen molar-refractivity contribution in [2.45, 2.75) is 0 Å². The van der Waals surface area contributed by atoms with Crippen LogP contribution in [0.2, 0.25) is 0 Å². The third-order valence-corrected chi connectivity index (χ3v) is 3.10. The van der Waals surface area contributed by atoms with Crippen molar-refractivity contribution in [3.8, 4) is 11.5 Å². The molecular weight excluding hydrogens is 333 g/mol. The van der Waals surface area contributed by atoms with Crippen molar-refractivity contribution in [3.63, 3.8) is 0 Å². The molecule has 7 heteroatoms. The number of hydrogen-bond donors (Lipinski definition) is 0. The minimum atomic E-state index is -0.616. The van der Waals surface area contributed by atoms with Crippen LogP contribution in [0.4, 0.5) is 10.1 Å². The molecule has 20 heavy (non-hydrogen) atoms. The summed E-state index contributed by atoms with van der Waals surface area (Å²) in [6, 6.07) is 7.43. The Bertz CT molecular complexity index is 690. The first-order valence-corrected chi connectivity index (χ1v) is 6.17. The highest BCUT2D eigenvalue weighted by molar-refractivity contribution is 9.10. The number of ether oxygens (including phenoxy) is 1. The van der Waals surface area contributed by atoms with Crippen LogP contribution in [0.5, 0.6) is 11.5 Å². The van der Waals surface area contributed by atoms with Gasteiger partial charge in [0, 0.05) is 18.2 Å². The molecule has 2 aromatic rings. The molecule has 0 radical (unpaired) electrons. The fourth-order valence-corrected chi connectivity index (χ4v) is 1.84. The zero-order valence-corrected chi connectivity index (χ0v) is 11.5. The van der Waals surface area contributed by atoms with Gasteiger partial charge in [-0.3, -0.25) is 14.9 Å². The summed E-state index contributed by atoms with van der Waals surface area (Å²) >= 11 is 3.18. The number of nitro benzene ring substituents is 1. The normalized spacial score (nSPS) is 10.1. The molecule has 0 aliphatic heterocycles. The van der Waals surface area contributed by atoms with Gasteiger partial charge in [0.15, 0.2) is 6.29 Å². The van der Waals surface area contributed by atoms with Crippen LogP contribution in [0.1, 0.15) is 10.4 Å². The Morgan fingerprint density at radius 3 is 2.60 bits per heavy atom. The Kier molecular flexibility index (Phi) is 4.09. The molecule has 0 bridgehead atoms. The van der Waals surface area contributed by atoms with Crippen LogP contribution in [-0.2, 0) is 0 Å². The third-order valence-electron chi connectivity index (χ3n) is 2.44. The first-order valence-electron chi connectivity index (χ1n) is 5.38. The predicted octanol–water partition coefficient (Wildman–Crippen LogP) is 4.10. The van der Waals surface area contributed by atoms with Crippen LogP contribution >= 0.6 is 15.9 Å². The second-order valence-electron chi connectivity index (χ2n) is 3.77. The molecule has 0 atom stereocenters. The van der Waals surface area contributed by atoms with Gasteiger partial charge in [0.25, 0.3) is 5.69 Å². The first-order chi connectivity index (χ1) is 9.51. The lowest BCUT2D eigenvalue weighted by Gasteiger charge is -2.09. The molecule has 0 saturated heterocycles. The quantitative estimate of drug-likeness (QED) is 0.477. The second kappa shape index (κ2) is 5.79. The van der Waals surface area contributed by atoms with E-state index in [-0.39, 0.29) is 22.7 Å². The monoisotopic (exact) mass is 339 g/mol. The average Bonchev–Trinajstić information content (AvgIpc) is 2.43. The maximum Gasteiger partial charge on any atom is 0.270 e. The smallest absolute Gasteiger partial charge is 0.270 e. The van der Waals surface area contributed by atoms with Crippen LogP contribution in [0.15, 0.2) is 40.9 Å². The van der Waals surface area contributed by atoms with Gasteiger partial charge in [0.2, 0.25) is 0 Å². The van der Waals surface area contributed by atoms with E-state index in [1.807, 2.05) is 0 Å². The number of carbonyl (C=O) groups excluding carboxylic acids is 1. The summed E-state index contributed by atoms with van der Waals surface area (Å²) < 4.78 is 19.0. The fraction of sp³-hybridized carbons (Fsp3) is 0. The standard InChI is InChI=1S/C13H7BrFNO4/c14-11-3-1-9(15)6-13(11)20-12-4-2-10(16(18)19)5-8(12)7-17/h1-7H. The lowest BCUT2D eigenvalue weighted by molar-refractivity contribution is -0.384. The summed E-state index contributed by atoms with van der Waals surface area (Å²) in [5.41, 5.74) is -0.215.